The minimum Gasteiger partial charge on any atom is -0.435 e. The van der Waals surface area contributed by atoms with Gasteiger partial charge >= 0.3 is 6.18 Å². The molecular weight excluding hydrogens is 357 g/mol. The van der Waals surface area contributed by atoms with Gasteiger partial charge in [-0.3, -0.25) is 0 Å². The summed E-state index contributed by atoms with van der Waals surface area (Å²) in [6, 6.07) is 5.82. The van der Waals surface area contributed by atoms with Crippen molar-refractivity contribution in [2.45, 2.75) is 24.9 Å². The van der Waals surface area contributed by atoms with Crippen molar-refractivity contribution in [2.75, 3.05) is 5.75 Å². The van der Waals surface area contributed by atoms with Crippen molar-refractivity contribution < 1.29 is 26.0 Å². The van der Waals surface area contributed by atoms with Crippen LogP contribution in [0.5, 0.6) is 0 Å². The highest BCUT2D eigenvalue weighted by atomic mass is 32.2. The first-order valence-corrected chi connectivity index (χ1v) is 8.95. The van der Waals surface area contributed by atoms with Crippen LogP contribution in [0.1, 0.15) is 18.2 Å². The molecule has 9 heteroatoms. The highest BCUT2D eigenvalue weighted by molar-refractivity contribution is 7.91. The van der Waals surface area contributed by atoms with E-state index in [1.807, 2.05) is 0 Å². The molecule has 5 nitrogen and oxygen atoms in total. The van der Waals surface area contributed by atoms with Crippen LogP contribution < -0.4 is 0 Å². The van der Waals surface area contributed by atoms with Crippen molar-refractivity contribution in [1.29, 1.82) is 0 Å². The van der Waals surface area contributed by atoms with E-state index in [4.69, 9.17) is 4.42 Å². The van der Waals surface area contributed by atoms with Gasteiger partial charge in [-0.2, -0.15) is 13.2 Å². The summed E-state index contributed by atoms with van der Waals surface area (Å²) < 4.78 is 68.4. The van der Waals surface area contributed by atoms with Gasteiger partial charge in [0, 0.05) is 5.69 Å². The average molecular weight is 370 g/mol. The fourth-order valence-electron chi connectivity index (χ4n) is 2.31. The van der Waals surface area contributed by atoms with Gasteiger partial charge < -0.3 is 4.42 Å². The molecule has 0 N–H and O–H groups in total. The van der Waals surface area contributed by atoms with Gasteiger partial charge in [-0.25, -0.2) is 18.4 Å². The predicted octanol–water partition coefficient (Wildman–Crippen LogP) is 4.01. The molecule has 0 saturated heterocycles. The first-order chi connectivity index (χ1) is 11.6. The summed E-state index contributed by atoms with van der Waals surface area (Å²) in [5.41, 5.74) is -0.243. The summed E-state index contributed by atoms with van der Waals surface area (Å²) >= 11 is 0. The summed E-state index contributed by atoms with van der Waals surface area (Å²) in [6.07, 6.45) is -4.51. The Morgan fingerprint density at radius 1 is 1.12 bits per heavy atom. The summed E-state index contributed by atoms with van der Waals surface area (Å²) in [7, 11) is -3.61. The van der Waals surface area contributed by atoms with Crippen LogP contribution in [0, 0.1) is 6.92 Å². The van der Waals surface area contributed by atoms with E-state index >= 15 is 0 Å². The number of benzene rings is 1. The maximum Gasteiger partial charge on any atom is 0.416 e. The number of fused-ring (bicyclic) bond motifs is 1. The van der Waals surface area contributed by atoms with Gasteiger partial charge in [0.2, 0.25) is 5.89 Å². The highest BCUT2D eigenvalue weighted by Crippen LogP contribution is 2.33. The van der Waals surface area contributed by atoms with Crippen LogP contribution in [0.2, 0.25) is 0 Å². The Bertz CT molecular complexity index is 1060. The van der Waals surface area contributed by atoms with Gasteiger partial charge in [-0.15, -0.1) is 0 Å². The second kappa shape index (κ2) is 5.83. The van der Waals surface area contributed by atoms with Crippen LogP contribution >= 0.6 is 0 Å². The lowest BCUT2D eigenvalue weighted by Gasteiger charge is -2.06. The molecule has 0 unspecified atom stereocenters. The molecule has 0 bridgehead atoms. The number of rotatable bonds is 3. The molecule has 2 aromatic heterocycles. The topological polar surface area (TPSA) is 73.1 Å². The Kier molecular flexibility index (Phi) is 4.06. The zero-order chi connectivity index (χ0) is 18.4. The summed E-state index contributed by atoms with van der Waals surface area (Å²) in [5.74, 6) is -0.284. The molecule has 132 valence electrons. The number of pyridine rings is 1. The van der Waals surface area contributed by atoms with Crippen molar-refractivity contribution in [1.82, 2.24) is 9.97 Å². The first-order valence-electron chi connectivity index (χ1n) is 7.30. The zero-order valence-corrected chi connectivity index (χ0v) is 14.1. The van der Waals surface area contributed by atoms with Crippen LogP contribution in [-0.2, 0) is 16.0 Å². The Morgan fingerprint density at radius 2 is 1.84 bits per heavy atom. The van der Waals surface area contributed by atoms with Crippen molar-refractivity contribution >= 4 is 20.9 Å². The second-order valence-corrected chi connectivity index (χ2v) is 7.65. The fraction of sp³-hybridized carbons (Fsp3) is 0.250. The molecule has 0 spiro atoms. The highest BCUT2D eigenvalue weighted by Gasteiger charge is 2.31. The summed E-state index contributed by atoms with van der Waals surface area (Å²) in [5, 5.41) is 0. The second-order valence-electron chi connectivity index (χ2n) is 5.40. The smallest absolute Gasteiger partial charge is 0.416 e. The van der Waals surface area contributed by atoms with E-state index in [9.17, 15) is 21.6 Å². The molecule has 0 aliphatic rings. The van der Waals surface area contributed by atoms with E-state index in [2.05, 4.69) is 9.97 Å². The number of oxazole rings is 1. The molecule has 0 saturated carbocycles. The maximum atomic E-state index is 12.8. The Hall–Kier alpha value is -2.42. The first kappa shape index (κ1) is 17.4. The number of alkyl halides is 3. The third kappa shape index (κ3) is 3.23. The molecule has 0 fully saturated rings. The standard InChI is InChI=1S/C16H13F3N2O3S/c1-3-25(22,23)13-7-4-9(2)20-14(13)15-21-11-8-10(16(17,18)19)5-6-12(11)24-15/h4-8H,3H2,1-2H3. The van der Waals surface area contributed by atoms with Crippen molar-refractivity contribution in [2.24, 2.45) is 0 Å². The lowest BCUT2D eigenvalue weighted by Crippen LogP contribution is -2.07. The van der Waals surface area contributed by atoms with Crippen molar-refractivity contribution in [3.8, 4) is 11.6 Å². The number of sulfone groups is 1. The van der Waals surface area contributed by atoms with Crippen LogP contribution in [0.3, 0.4) is 0 Å². The lowest BCUT2D eigenvalue weighted by atomic mass is 10.2. The van der Waals surface area contributed by atoms with E-state index in [-0.39, 0.29) is 33.3 Å². The van der Waals surface area contributed by atoms with E-state index in [0.717, 1.165) is 18.2 Å². The Balaban J connectivity index is 2.22. The molecule has 0 atom stereocenters. The fourth-order valence-corrected chi connectivity index (χ4v) is 3.32. The number of nitrogens with zero attached hydrogens (tertiary/aromatic N) is 2. The molecule has 0 amide bonds. The van der Waals surface area contributed by atoms with Gasteiger partial charge in [0.1, 0.15) is 11.2 Å². The normalized spacial score (nSPS) is 12.7. The van der Waals surface area contributed by atoms with Gasteiger partial charge in [-0.05, 0) is 37.3 Å². The molecule has 3 aromatic rings. The zero-order valence-electron chi connectivity index (χ0n) is 13.3. The quantitative estimate of drug-likeness (QED) is 0.696. The maximum absolute atomic E-state index is 12.8. The molecular formula is C16H13F3N2O3S. The minimum absolute atomic E-state index is 0.00777. The van der Waals surface area contributed by atoms with Gasteiger partial charge in [0.25, 0.3) is 0 Å². The van der Waals surface area contributed by atoms with E-state index in [0.29, 0.717) is 5.69 Å². The van der Waals surface area contributed by atoms with E-state index < -0.39 is 21.6 Å². The van der Waals surface area contributed by atoms with E-state index in [1.165, 1.54) is 19.1 Å². The lowest BCUT2D eigenvalue weighted by molar-refractivity contribution is -0.137. The predicted molar refractivity (Wildman–Crippen MR) is 84.7 cm³/mol. The van der Waals surface area contributed by atoms with Crippen LogP contribution in [0.25, 0.3) is 22.7 Å². The monoisotopic (exact) mass is 370 g/mol. The summed E-state index contributed by atoms with van der Waals surface area (Å²) in [4.78, 5) is 8.11. The molecule has 3 rings (SSSR count). The van der Waals surface area contributed by atoms with Gasteiger partial charge in [-0.1, -0.05) is 6.92 Å². The molecule has 0 aliphatic heterocycles. The van der Waals surface area contributed by atoms with Crippen LogP contribution in [-0.4, -0.2) is 24.1 Å². The molecule has 25 heavy (non-hydrogen) atoms. The van der Waals surface area contributed by atoms with Gasteiger partial charge in [0.05, 0.1) is 16.2 Å². The van der Waals surface area contributed by atoms with Crippen molar-refractivity contribution in [3.63, 3.8) is 0 Å². The van der Waals surface area contributed by atoms with E-state index in [1.54, 1.807) is 6.92 Å². The number of hydrogen-bond acceptors (Lipinski definition) is 5. The SMILES string of the molecule is CCS(=O)(=O)c1ccc(C)nc1-c1nc2cc(C(F)(F)F)ccc2o1. The molecule has 1 aromatic carbocycles. The Labute approximate surface area is 141 Å². The molecule has 0 aliphatic carbocycles. The third-order valence-electron chi connectivity index (χ3n) is 3.63. The third-order valence-corrected chi connectivity index (χ3v) is 5.39. The van der Waals surface area contributed by atoms with Crippen LogP contribution in [0.4, 0.5) is 13.2 Å². The summed E-state index contributed by atoms with van der Waals surface area (Å²) in [6.45, 7) is 3.15. The largest absolute Gasteiger partial charge is 0.435 e. The van der Waals surface area contributed by atoms with Crippen molar-refractivity contribution in [3.05, 3.63) is 41.6 Å². The number of halogens is 3. The minimum atomic E-state index is -4.51. The average Bonchev–Trinajstić information content (AvgIpc) is 2.96. The number of aromatic nitrogens is 2. The number of aryl methyl sites for hydroxylation is 1. The molecule has 2 heterocycles. The Morgan fingerprint density at radius 3 is 2.48 bits per heavy atom. The van der Waals surface area contributed by atoms with Crippen LogP contribution in [0.15, 0.2) is 39.6 Å². The molecule has 0 radical (unpaired) electrons. The van der Waals surface area contributed by atoms with Gasteiger partial charge in [0.15, 0.2) is 15.4 Å². The number of hydrogen-bond donors (Lipinski definition) is 0.